The lowest BCUT2D eigenvalue weighted by Crippen LogP contribution is -2.52. The van der Waals surface area contributed by atoms with E-state index in [2.05, 4.69) is 5.32 Å². The number of carbonyl (C=O) groups excluding carboxylic acids is 2. The number of aryl methyl sites for hydroxylation is 3. The molecule has 0 aromatic heterocycles. The smallest absolute Gasteiger partial charge is 0.264 e. The van der Waals surface area contributed by atoms with Gasteiger partial charge in [0.2, 0.25) is 11.8 Å². The van der Waals surface area contributed by atoms with Crippen molar-refractivity contribution in [2.75, 3.05) is 17.4 Å². The predicted octanol–water partition coefficient (Wildman–Crippen LogP) is 5.79. The van der Waals surface area contributed by atoms with Crippen LogP contribution in [0.15, 0.2) is 71.6 Å². The summed E-state index contributed by atoms with van der Waals surface area (Å²) in [6.07, 6.45) is 1.12. The van der Waals surface area contributed by atoms with Crippen molar-refractivity contribution in [3.05, 3.63) is 94.0 Å². The molecular formula is C31H38ClN3O4S. The van der Waals surface area contributed by atoms with Crippen molar-refractivity contribution in [1.82, 2.24) is 10.2 Å². The number of sulfonamides is 1. The third-order valence-electron chi connectivity index (χ3n) is 6.70. The number of hydrogen-bond donors (Lipinski definition) is 1. The molecule has 40 heavy (non-hydrogen) atoms. The Morgan fingerprint density at radius 3 is 2.25 bits per heavy atom. The minimum Gasteiger partial charge on any atom is -0.354 e. The summed E-state index contributed by atoms with van der Waals surface area (Å²) in [6.45, 7) is 9.54. The first kappa shape index (κ1) is 31.2. The molecule has 0 saturated carbocycles. The number of nitrogens with zero attached hydrogens (tertiary/aromatic N) is 2. The van der Waals surface area contributed by atoms with Gasteiger partial charge in [-0.2, -0.15) is 0 Å². The van der Waals surface area contributed by atoms with E-state index in [1.807, 2.05) is 52.0 Å². The second kappa shape index (κ2) is 13.8. The lowest BCUT2D eigenvalue weighted by molar-refractivity contribution is -0.140. The van der Waals surface area contributed by atoms with Crippen molar-refractivity contribution in [2.45, 2.75) is 64.9 Å². The molecule has 0 aliphatic heterocycles. The fourth-order valence-electron chi connectivity index (χ4n) is 4.49. The molecule has 0 radical (unpaired) electrons. The molecule has 0 aliphatic rings. The summed E-state index contributed by atoms with van der Waals surface area (Å²) in [7, 11) is -4.16. The van der Waals surface area contributed by atoms with Crippen molar-refractivity contribution >= 4 is 39.1 Å². The first-order valence-corrected chi connectivity index (χ1v) is 15.3. The van der Waals surface area contributed by atoms with E-state index in [1.165, 1.54) is 17.0 Å². The highest BCUT2D eigenvalue weighted by Gasteiger charge is 2.34. The van der Waals surface area contributed by atoms with Gasteiger partial charge in [0.1, 0.15) is 12.6 Å². The first-order chi connectivity index (χ1) is 19.0. The molecule has 0 bridgehead atoms. The maximum absolute atomic E-state index is 14.1. The molecule has 3 aromatic rings. The highest BCUT2D eigenvalue weighted by molar-refractivity contribution is 7.92. The van der Waals surface area contributed by atoms with E-state index >= 15 is 0 Å². The van der Waals surface area contributed by atoms with Gasteiger partial charge in [0.25, 0.3) is 10.0 Å². The molecule has 0 fully saturated rings. The topological polar surface area (TPSA) is 86.8 Å². The fourth-order valence-corrected chi connectivity index (χ4v) is 6.13. The maximum atomic E-state index is 14.1. The number of halogens is 1. The number of hydrogen-bond acceptors (Lipinski definition) is 4. The van der Waals surface area contributed by atoms with E-state index in [4.69, 9.17) is 11.6 Å². The third-order valence-corrected chi connectivity index (χ3v) is 8.71. The Balaban J connectivity index is 2.10. The number of rotatable bonds is 12. The van der Waals surface area contributed by atoms with E-state index < -0.39 is 28.5 Å². The van der Waals surface area contributed by atoms with Crippen LogP contribution in [0.2, 0.25) is 5.02 Å². The lowest BCUT2D eigenvalue weighted by atomic mass is 10.1. The average Bonchev–Trinajstić information content (AvgIpc) is 2.92. The van der Waals surface area contributed by atoms with E-state index in [1.54, 1.807) is 37.3 Å². The Kier molecular flexibility index (Phi) is 10.8. The monoisotopic (exact) mass is 583 g/mol. The summed E-state index contributed by atoms with van der Waals surface area (Å²) in [5, 5.41) is 3.24. The summed E-state index contributed by atoms with van der Waals surface area (Å²) >= 11 is 6.29. The van der Waals surface area contributed by atoms with Crippen molar-refractivity contribution < 1.29 is 18.0 Å². The molecule has 1 N–H and O–H groups in total. The van der Waals surface area contributed by atoms with Crippen LogP contribution in [-0.4, -0.2) is 44.3 Å². The third kappa shape index (κ3) is 7.64. The largest absolute Gasteiger partial charge is 0.354 e. The van der Waals surface area contributed by atoms with Gasteiger partial charge in [-0.05, 0) is 69.0 Å². The summed E-state index contributed by atoms with van der Waals surface area (Å²) in [5.74, 6) is -0.757. The van der Waals surface area contributed by atoms with Crippen molar-refractivity contribution in [3.8, 4) is 0 Å². The number of carbonyl (C=O) groups is 2. The van der Waals surface area contributed by atoms with Gasteiger partial charge < -0.3 is 10.2 Å². The zero-order valence-electron chi connectivity index (χ0n) is 23.8. The van der Waals surface area contributed by atoms with E-state index in [-0.39, 0.29) is 17.3 Å². The van der Waals surface area contributed by atoms with Crippen LogP contribution in [0.1, 0.15) is 48.9 Å². The van der Waals surface area contributed by atoms with E-state index in [0.717, 1.165) is 27.4 Å². The summed E-state index contributed by atoms with van der Waals surface area (Å²) < 4.78 is 29.1. The quantitative estimate of drug-likeness (QED) is 0.292. The highest BCUT2D eigenvalue weighted by atomic mass is 35.5. The molecule has 0 heterocycles. The van der Waals surface area contributed by atoms with Crippen LogP contribution in [0.25, 0.3) is 0 Å². The van der Waals surface area contributed by atoms with Gasteiger partial charge in [-0.25, -0.2) is 8.42 Å². The van der Waals surface area contributed by atoms with Gasteiger partial charge in [-0.1, -0.05) is 79.0 Å². The molecule has 0 spiro atoms. The van der Waals surface area contributed by atoms with Crippen LogP contribution in [-0.2, 0) is 26.2 Å². The molecule has 9 heteroatoms. The predicted molar refractivity (Wildman–Crippen MR) is 161 cm³/mol. The van der Waals surface area contributed by atoms with Gasteiger partial charge in [0, 0.05) is 18.1 Å². The molecule has 0 saturated heterocycles. The van der Waals surface area contributed by atoms with Crippen LogP contribution in [0, 0.1) is 20.8 Å². The Hall–Kier alpha value is -3.36. The fraction of sp³-hybridized carbons (Fsp3) is 0.355. The van der Waals surface area contributed by atoms with Gasteiger partial charge >= 0.3 is 0 Å². The molecule has 1 atom stereocenters. The lowest BCUT2D eigenvalue weighted by Gasteiger charge is -2.33. The highest BCUT2D eigenvalue weighted by Crippen LogP contribution is 2.30. The zero-order chi connectivity index (χ0) is 29.4. The van der Waals surface area contributed by atoms with Crippen LogP contribution < -0.4 is 9.62 Å². The molecule has 3 rings (SSSR count). The summed E-state index contributed by atoms with van der Waals surface area (Å²) in [5.41, 5.74) is 3.73. The Labute approximate surface area is 243 Å². The minimum absolute atomic E-state index is 0.0586. The van der Waals surface area contributed by atoms with Crippen LogP contribution in [0.5, 0.6) is 0 Å². The minimum atomic E-state index is -4.16. The second-order valence-electron chi connectivity index (χ2n) is 9.98. The zero-order valence-corrected chi connectivity index (χ0v) is 25.3. The summed E-state index contributed by atoms with van der Waals surface area (Å²) in [6, 6.07) is 18.4. The van der Waals surface area contributed by atoms with Gasteiger partial charge in [-0.3, -0.25) is 13.9 Å². The van der Waals surface area contributed by atoms with Crippen LogP contribution >= 0.6 is 11.6 Å². The Morgan fingerprint density at radius 1 is 0.925 bits per heavy atom. The van der Waals surface area contributed by atoms with Crippen molar-refractivity contribution in [2.24, 2.45) is 0 Å². The SMILES string of the molecule is CCCNC(=O)[C@H](CC)N(Cc1cccc(C)c1)C(=O)CN(c1cc(Cl)ccc1C)S(=O)(=O)c1ccc(C)cc1. The Bertz CT molecular complexity index is 1440. The standard InChI is InChI=1S/C31H38ClN3O4S/c1-6-17-33-31(37)28(7-2)34(20-25-10-8-9-23(4)18-25)30(36)21-35(29-19-26(32)14-13-24(29)5)40(38,39)27-15-11-22(3)12-16-27/h8-16,18-19,28H,6-7,17,20-21H2,1-5H3,(H,33,37)/t28-/m0/s1. The molecule has 214 valence electrons. The molecule has 7 nitrogen and oxygen atoms in total. The van der Waals surface area contributed by atoms with E-state index in [9.17, 15) is 18.0 Å². The number of nitrogens with one attached hydrogen (secondary N) is 1. The van der Waals surface area contributed by atoms with Crippen LogP contribution in [0.3, 0.4) is 0 Å². The second-order valence-corrected chi connectivity index (χ2v) is 12.3. The molecule has 2 amide bonds. The number of amides is 2. The van der Waals surface area contributed by atoms with Gasteiger partial charge in [-0.15, -0.1) is 0 Å². The van der Waals surface area contributed by atoms with Crippen LogP contribution in [0.4, 0.5) is 5.69 Å². The van der Waals surface area contributed by atoms with E-state index in [0.29, 0.717) is 29.2 Å². The normalized spacial score (nSPS) is 12.1. The molecular weight excluding hydrogens is 546 g/mol. The number of anilines is 1. The molecule has 0 aliphatic carbocycles. The number of benzene rings is 3. The van der Waals surface area contributed by atoms with Gasteiger partial charge in [0.05, 0.1) is 10.6 Å². The molecule has 0 unspecified atom stereocenters. The molecule has 3 aromatic carbocycles. The Morgan fingerprint density at radius 2 is 1.62 bits per heavy atom. The summed E-state index contributed by atoms with van der Waals surface area (Å²) in [4.78, 5) is 28.9. The van der Waals surface area contributed by atoms with Crippen molar-refractivity contribution in [3.63, 3.8) is 0 Å². The first-order valence-electron chi connectivity index (χ1n) is 13.5. The average molecular weight is 584 g/mol. The maximum Gasteiger partial charge on any atom is 0.264 e. The van der Waals surface area contributed by atoms with Gasteiger partial charge in [0.15, 0.2) is 0 Å². The van der Waals surface area contributed by atoms with Crippen molar-refractivity contribution in [1.29, 1.82) is 0 Å².